The smallest absolute Gasteiger partial charge is 0.340 e. The molecule has 2 aromatic rings. The average Bonchev–Trinajstić information content (AvgIpc) is 3.14. The lowest BCUT2D eigenvalue weighted by atomic mass is 10.1. The average molecular weight is 461 g/mol. The molecule has 0 aliphatic carbocycles. The molecule has 174 valence electrons. The summed E-state index contributed by atoms with van der Waals surface area (Å²) in [6, 6.07) is 6.59. The van der Waals surface area contributed by atoms with Gasteiger partial charge < -0.3 is 19.5 Å². The molecule has 0 bridgehead atoms. The van der Waals surface area contributed by atoms with Crippen molar-refractivity contribution in [3.63, 3.8) is 0 Å². The van der Waals surface area contributed by atoms with E-state index in [4.69, 9.17) is 4.74 Å². The fourth-order valence-corrected chi connectivity index (χ4v) is 3.77. The third-order valence-corrected chi connectivity index (χ3v) is 5.44. The number of rotatable bonds is 11. The van der Waals surface area contributed by atoms with Crippen LogP contribution in [0.4, 0.5) is 5.69 Å². The second-order valence-electron chi connectivity index (χ2n) is 8.37. The minimum absolute atomic E-state index is 0.145. The van der Waals surface area contributed by atoms with Crippen molar-refractivity contribution < 1.29 is 19.1 Å². The number of esters is 1. The zero-order chi connectivity index (χ0) is 23.7. The highest BCUT2D eigenvalue weighted by Crippen LogP contribution is 2.19. The molecule has 0 radical (unpaired) electrons. The molecule has 0 aliphatic rings. The molecule has 32 heavy (non-hydrogen) atoms. The van der Waals surface area contributed by atoms with E-state index in [9.17, 15) is 14.4 Å². The van der Waals surface area contributed by atoms with Gasteiger partial charge in [-0.3, -0.25) is 9.59 Å². The topological polar surface area (TPSA) is 93.5 Å². The van der Waals surface area contributed by atoms with Gasteiger partial charge >= 0.3 is 5.97 Å². The molecule has 2 amide bonds. The summed E-state index contributed by atoms with van der Waals surface area (Å²) in [6.07, 6.45) is 3.46. The number of nitrogens with one attached hydrogen (secondary N) is 1. The molecular weight excluding hydrogens is 428 g/mol. The van der Waals surface area contributed by atoms with Crippen molar-refractivity contribution in [2.24, 2.45) is 18.9 Å². The molecule has 0 aliphatic heterocycles. The van der Waals surface area contributed by atoms with Crippen LogP contribution in [0.25, 0.3) is 0 Å². The minimum atomic E-state index is -0.653. The first-order chi connectivity index (χ1) is 15.2. The van der Waals surface area contributed by atoms with Crippen LogP contribution in [-0.4, -0.2) is 57.7 Å². The normalized spacial score (nSPS) is 11.0. The van der Waals surface area contributed by atoms with Crippen LogP contribution in [0.1, 0.15) is 38.1 Å². The van der Waals surface area contributed by atoms with Gasteiger partial charge in [0, 0.05) is 32.5 Å². The molecule has 0 atom stereocenters. The molecule has 0 saturated heterocycles. The van der Waals surface area contributed by atoms with Crippen molar-refractivity contribution in [3.8, 4) is 0 Å². The quantitative estimate of drug-likeness (QED) is 0.408. The number of imidazole rings is 1. The van der Waals surface area contributed by atoms with Gasteiger partial charge in [0.2, 0.25) is 5.91 Å². The number of carbonyl (C=O) groups excluding carboxylic acids is 3. The third-order valence-electron chi connectivity index (χ3n) is 4.38. The van der Waals surface area contributed by atoms with E-state index in [1.165, 1.54) is 11.8 Å². The molecule has 1 heterocycles. The van der Waals surface area contributed by atoms with Crippen molar-refractivity contribution in [2.75, 3.05) is 30.8 Å². The van der Waals surface area contributed by atoms with Gasteiger partial charge in [0.15, 0.2) is 11.8 Å². The lowest BCUT2D eigenvalue weighted by molar-refractivity contribution is -0.135. The van der Waals surface area contributed by atoms with Crippen LogP contribution in [-0.2, 0) is 21.4 Å². The molecule has 1 aromatic carbocycles. The molecule has 2 rings (SSSR count). The maximum atomic E-state index is 12.6. The monoisotopic (exact) mass is 460 g/mol. The third kappa shape index (κ3) is 8.03. The van der Waals surface area contributed by atoms with E-state index in [2.05, 4.69) is 10.3 Å². The van der Waals surface area contributed by atoms with E-state index in [0.717, 1.165) is 5.16 Å². The van der Waals surface area contributed by atoms with E-state index >= 15 is 0 Å². The summed E-state index contributed by atoms with van der Waals surface area (Å²) in [4.78, 5) is 43.5. The summed E-state index contributed by atoms with van der Waals surface area (Å²) in [6.45, 7) is 9.03. The Balaban J connectivity index is 1.96. The lowest BCUT2D eigenvalue weighted by Crippen LogP contribution is -2.39. The van der Waals surface area contributed by atoms with Gasteiger partial charge in [0.05, 0.1) is 17.0 Å². The first-order valence-electron chi connectivity index (χ1n) is 10.6. The van der Waals surface area contributed by atoms with Crippen molar-refractivity contribution in [2.45, 2.75) is 32.9 Å². The first-order valence-corrected chi connectivity index (χ1v) is 11.6. The number of amides is 2. The second-order valence-corrected chi connectivity index (χ2v) is 9.31. The Morgan fingerprint density at radius 2 is 1.78 bits per heavy atom. The lowest BCUT2D eigenvalue weighted by Gasteiger charge is -2.26. The number of hydrogen-bond donors (Lipinski definition) is 1. The Bertz CT molecular complexity index is 916. The highest BCUT2D eigenvalue weighted by atomic mass is 32.2. The Morgan fingerprint density at radius 3 is 2.38 bits per heavy atom. The summed E-state index contributed by atoms with van der Waals surface area (Å²) in [5.41, 5.74) is 0.548. The SMILES string of the molecule is CC(C)CN(CC(C)C)C(=O)COC(=O)c1ccccc1NC(=O)CSc1nccn1C. The molecule has 1 N–H and O–H groups in total. The fraction of sp³-hybridized carbons (Fsp3) is 0.478. The van der Waals surface area contributed by atoms with Crippen LogP contribution in [0.2, 0.25) is 0 Å². The predicted molar refractivity (Wildman–Crippen MR) is 126 cm³/mol. The largest absolute Gasteiger partial charge is 0.452 e. The summed E-state index contributed by atoms with van der Waals surface area (Å²) >= 11 is 1.30. The van der Waals surface area contributed by atoms with E-state index in [1.807, 2.05) is 39.3 Å². The maximum absolute atomic E-state index is 12.6. The number of aryl methyl sites for hydroxylation is 1. The maximum Gasteiger partial charge on any atom is 0.340 e. The molecule has 0 fully saturated rings. The Morgan fingerprint density at radius 1 is 1.12 bits per heavy atom. The van der Waals surface area contributed by atoms with E-state index in [-0.39, 0.29) is 29.7 Å². The van der Waals surface area contributed by atoms with Gasteiger partial charge in [-0.1, -0.05) is 51.6 Å². The molecular formula is C23H32N4O4S. The highest BCUT2D eigenvalue weighted by Gasteiger charge is 2.20. The van der Waals surface area contributed by atoms with E-state index in [1.54, 1.807) is 41.6 Å². The molecule has 0 spiro atoms. The summed E-state index contributed by atoms with van der Waals surface area (Å²) in [5.74, 6) is -0.379. The molecule has 0 saturated carbocycles. The highest BCUT2D eigenvalue weighted by molar-refractivity contribution is 7.99. The van der Waals surface area contributed by atoms with Crippen LogP contribution in [0.5, 0.6) is 0 Å². The second kappa shape index (κ2) is 12.3. The Labute approximate surface area is 193 Å². The van der Waals surface area contributed by atoms with Gasteiger partial charge in [-0.15, -0.1) is 0 Å². The van der Waals surface area contributed by atoms with Gasteiger partial charge in [0.1, 0.15) is 0 Å². The first kappa shape index (κ1) is 25.5. The summed E-state index contributed by atoms with van der Waals surface area (Å²) in [5, 5.41) is 3.46. The van der Waals surface area contributed by atoms with Crippen LogP contribution >= 0.6 is 11.8 Å². The fourth-order valence-electron chi connectivity index (χ4n) is 3.03. The van der Waals surface area contributed by atoms with Crippen LogP contribution < -0.4 is 5.32 Å². The summed E-state index contributed by atoms with van der Waals surface area (Å²) < 4.78 is 7.11. The van der Waals surface area contributed by atoms with Gasteiger partial charge in [0.25, 0.3) is 5.91 Å². The number of nitrogens with zero attached hydrogens (tertiary/aromatic N) is 3. The number of ether oxygens (including phenoxy) is 1. The Hall–Kier alpha value is -2.81. The molecule has 8 nitrogen and oxygen atoms in total. The number of aromatic nitrogens is 2. The number of para-hydroxylation sites is 1. The summed E-state index contributed by atoms with van der Waals surface area (Å²) in [7, 11) is 1.85. The van der Waals surface area contributed by atoms with Gasteiger partial charge in [-0.05, 0) is 24.0 Å². The van der Waals surface area contributed by atoms with Gasteiger partial charge in [-0.2, -0.15) is 0 Å². The van der Waals surface area contributed by atoms with Crippen molar-refractivity contribution in [1.82, 2.24) is 14.5 Å². The molecule has 0 unspecified atom stereocenters. The van der Waals surface area contributed by atoms with Gasteiger partial charge in [-0.25, -0.2) is 9.78 Å². The molecule has 1 aromatic heterocycles. The van der Waals surface area contributed by atoms with Crippen LogP contribution in [0.3, 0.4) is 0 Å². The Kier molecular flexibility index (Phi) is 9.77. The zero-order valence-electron chi connectivity index (χ0n) is 19.3. The number of thioether (sulfide) groups is 1. The standard InChI is InChI=1S/C23H32N4O4S/c1-16(2)12-27(13-17(3)4)21(29)14-31-22(30)18-8-6-7-9-19(18)25-20(28)15-32-23-24-10-11-26(23)5/h6-11,16-17H,12-15H2,1-5H3,(H,25,28). The number of hydrogen-bond acceptors (Lipinski definition) is 6. The van der Waals surface area contributed by atoms with E-state index in [0.29, 0.717) is 30.6 Å². The van der Waals surface area contributed by atoms with Crippen LogP contribution in [0.15, 0.2) is 41.8 Å². The number of benzene rings is 1. The van der Waals surface area contributed by atoms with Crippen molar-refractivity contribution in [1.29, 1.82) is 0 Å². The number of anilines is 1. The molecule has 9 heteroatoms. The van der Waals surface area contributed by atoms with E-state index < -0.39 is 5.97 Å². The predicted octanol–water partition coefficient (Wildman–Crippen LogP) is 3.45. The van der Waals surface area contributed by atoms with Crippen molar-refractivity contribution in [3.05, 3.63) is 42.2 Å². The number of carbonyl (C=O) groups is 3. The minimum Gasteiger partial charge on any atom is -0.452 e. The zero-order valence-corrected chi connectivity index (χ0v) is 20.1. The van der Waals surface area contributed by atoms with Crippen molar-refractivity contribution >= 4 is 35.2 Å². The van der Waals surface area contributed by atoms with Crippen LogP contribution in [0, 0.1) is 11.8 Å².